The maximum absolute atomic E-state index is 13.0. The van der Waals surface area contributed by atoms with Crippen LogP contribution in [-0.4, -0.2) is 19.7 Å². The molecule has 5 nitrogen and oxygen atoms in total. The van der Waals surface area contributed by atoms with Gasteiger partial charge in [0.2, 0.25) is 0 Å². The fourth-order valence-corrected chi connectivity index (χ4v) is 4.58. The Morgan fingerprint density at radius 3 is 2.48 bits per heavy atom. The van der Waals surface area contributed by atoms with Gasteiger partial charge in [-0.25, -0.2) is 4.79 Å². The summed E-state index contributed by atoms with van der Waals surface area (Å²) in [6.45, 7) is 4.97. The number of nitrogens with zero attached hydrogens (tertiary/aromatic N) is 1. The summed E-state index contributed by atoms with van der Waals surface area (Å²) in [5.74, 6) is 1.02. The molecule has 0 aliphatic heterocycles. The standard InChI is InChI=1S/C28H36N2O3/c1-4-9-23-16-20(5-2)17-25(27(23)33-19-22-10-7-6-8-11-22)26(28(31)32-3)30-24-14-12-21(18-29)13-15-24/h12-17,22,26,30H,4-11,19H2,1-3H3. The molecule has 176 valence electrons. The molecule has 33 heavy (non-hydrogen) atoms. The number of ether oxygens (including phenoxy) is 2. The number of methoxy groups -OCH3 is 1. The minimum absolute atomic E-state index is 0.363. The molecule has 5 heteroatoms. The monoisotopic (exact) mass is 448 g/mol. The van der Waals surface area contributed by atoms with Crippen molar-refractivity contribution in [1.29, 1.82) is 5.26 Å². The Bertz CT molecular complexity index is 956. The maximum Gasteiger partial charge on any atom is 0.333 e. The molecular formula is C28H36N2O3. The summed E-state index contributed by atoms with van der Waals surface area (Å²) in [5.41, 5.74) is 4.48. The van der Waals surface area contributed by atoms with Crippen LogP contribution >= 0.6 is 0 Å². The molecule has 1 aliphatic carbocycles. The number of carbonyl (C=O) groups is 1. The third-order valence-corrected chi connectivity index (χ3v) is 6.44. The topological polar surface area (TPSA) is 71.4 Å². The number of esters is 1. The van der Waals surface area contributed by atoms with Crippen LogP contribution in [0.15, 0.2) is 36.4 Å². The molecule has 0 saturated heterocycles. The van der Waals surface area contributed by atoms with E-state index in [9.17, 15) is 4.79 Å². The summed E-state index contributed by atoms with van der Waals surface area (Å²) < 4.78 is 11.7. The van der Waals surface area contributed by atoms with Crippen LogP contribution in [0.25, 0.3) is 0 Å². The molecule has 0 amide bonds. The SMILES string of the molecule is CCCc1cc(CC)cc(C(Nc2ccc(C#N)cc2)C(=O)OC)c1OCC1CCCCC1. The Morgan fingerprint density at radius 2 is 1.88 bits per heavy atom. The van der Waals surface area contributed by atoms with Crippen molar-refractivity contribution >= 4 is 11.7 Å². The van der Waals surface area contributed by atoms with Crippen LogP contribution in [0.2, 0.25) is 0 Å². The van der Waals surface area contributed by atoms with Gasteiger partial charge in [-0.1, -0.05) is 45.6 Å². The molecule has 3 rings (SSSR count). The van der Waals surface area contributed by atoms with Crippen molar-refractivity contribution in [3.8, 4) is 11.8 Å². The number of nitrogens with one attached hydrogen (secondary N) is 1. The lowest BCUT2D eigenvalue weighted by Gasteiger charge is -2.27. The fourth-order valence-electron chi connectivity index (χ4n) is 4.58. The van der Waals surface area contributed by atoms with Crippen LogP contribution < -0.4 is 10.1 Å². The molecule has 1 fully saturated rings. The van der Waals surface area contributed by atoms with Crippen LogP contribution in [0.1, 0.15) is 80.7 Å². The average molecular weight is 449 g/mol. The number of benzene rings is 2. The Morgan fingerprint density at radius 1 is 1.15 bits per heavy atom. The molecule has 1 atom stereocenters. The van der Waals surface area contributed by atoms with Gasteiger partial charge in [0.1, 0.15) is 5.75 Å². The van der Waals surface area contributed by atoms with Crippen molar-refractivity contribution in [2.24, 2.45) is 5.92 Å². The van der Waals surface area contributed by atoms with E-state index in [0.29, 0.717) is 18.1 Å². The van der Waals surface area contributed by atoms with Gasteiger partial charge in [-0.2, -0.15) is 5.26 Å². The molecular weight excluding hydrogens is 412 g/mol. The Hall–Kier alpha value is -3.00. The molecule has 0 heterocycles. The van der Waals surface area contributed by atoms with E-state index in [1.165, 1.54) is 44.8 Å². The van der Waals surface area contributed by atoms with E-state index in [0.717, 1.165) is 41.8 Å². The summed E-state index contributed by atoms with van der Waals surface area (Å²) in [6.07, 6.45) is 9.02. The van der Waals surface area contributed by atoms with E-state index >= 15 is 0 Å². The Labute approximate surface area is 198 Å². The smallest absolute Gasteiger partial charge is 0.333 e. The molecule has 2 aromatic carbocycles. The predicted octanol–water partition coefficient (Wildman–Crippen LogP) is 6.36. The molecule has 1 N–H and O–H groups in total. The molecule has 0 spiro atoms. The first-order valence-corrected chi connectivity index (χ1v) is 12.2. The second-order valence-electron chi connectivity index (χ2n) is 8.88. The lowest BCUT2D eigenvalue weighted by Crippen LogP contribution is -2.25. The summed E-state index contributed by atoms with van der Waals surface area (Å²) in [4.78, 5) is 13.0. The van der Waals surface area contributed by atoms with E-state index in [2.05, 4.69) is 37.4 Å². The summed E-state index contributed by atoms with van der Waals surface area (Å²) >= 11 is 0. The summed E-state index contributed by atoms with van der Waals surface area (Å²) in [5, 5.41) is 12.4. The molecule has 1 unspecified atom stereocenters. The van der Waals surface area contributed by atoms with Gasteiger partial charge in [0.05, 0.1) is 25.3 Å². The molecule has 1 saturated carbocycles. The third-order valence-electron chi connectivity index (χ3n) is 6.44. The number of hydrogen-bond donors (Lipinski definition) is 1. The number of rotatable bonds is 10. The molecule has 1 aliphatic rings. The lowest BCUT2D eigenvalue weighted by atomic mass is 9.90. The van der Waals surface area contributed by atoms with Gasteiger partial charge < -0.3 is 14.8 Å². The lowest BCUT2D eigenvalue weighted by molar-refractivity contribution is -0.141. The van der Waals surface area contributed by atoms with E-state index < -0.39 is 6.04 Å². The summed E-state index contributed by atoms with van der Waals surface area (Å²) in [6, 6.07) is 12.8. The van der Waals surface area contributed by atoms with Gasteiger partial charge in [0.15, 0.2) is 6.04 Å². The van der Waals surface area contributed by atoms with Crippen molar-refractivity contribution < 1.29 is 14.3 Å². The highest BCUT2D eigenvalue weighted by Crippen LogP contribution is 2.36. The normalized spacial score (nSPS) is 14.8. The maximum atomic E-state index is 13.0. The van der Waals surface area contributed by atoms with E-state index in [4.69, 9.17) is 14.7 Å². The van der Waals surface area contributed by atoms with Gasteiger partial charge >= 0.3 is 5.97 Å². The molecule has 0 aromatic heterocycles. The van der Waals surface area contributed by atoms with E-state index in [1.54, 1.807) is 12.1 Å². The van der Waals surface area contributed by atoms with Gasteiger partial charge in [-0.3, -0.25) is 0 Å². The highest BCUT2D eigenvalue weighted by molar-refractivity contribution is 5.82. The van der Waals surface area contributed by atoms with Gasteiger partial charge in [0.25, 0.3) is 0 Å². The van der Waals surface area contributed by atoms with Crippen LogP contribution in [0, 0.1) is 17.2 Å². The van der Waals surface area contributed by atoms with Crippen LogP contribution in [0.5, 0.6) is 5.75 Å². The fraction of sp³-hybridized carbons (Fsp3) is 0.500. The highest BCUT2D eigenvalue weighted by Gasteiger charge is 2.28. The summed E-state index contributed by atoms with van der Waals surface area (Å²) in [7, 11) is 1.41. The Balaban J connectivity index is 2.00. The first-order valence-electron chi connectivity index (χ1n) is 12.2. The van der Waals surface area contributed by atoms with Gasteiger partial charge in [-0.05, 0) is 73.1 Å². The van der Waals surface area contributed by atoms with Crippen molar-refractivity contribution in [1.82, 2.24) is 0 Å². The first kappa shape index (κ1) is 24.6. The largest absolute Gasteiger partial charge is 0.493 e. The third kappa shape index (κ3) is 6.51. The first-order chi connectivity index (χ1) is 16.1. The molecule has 0 bridgehead atoms. The van der Waals surface area contributed by atoms with Crippen molar-refractivity contribution in [3.05, 3.63) is 58.7 Å². The van der Waals surface area contributed by atoms with Crippen LogP contribution in [0.4, 0.5) is 5.69 Å². The van der Waals surface area contributed by atoms with Crippen LogP contribution in [0.3, 0.4) is 0 Å². The zero-order valence-corrected chi connectivity index (χ0v) is 20.2. The van der Waals surface area contributed by atoms with Crippen LogP contribution in [-0.2, 0) is 22.4 Å². The van der Waals surface area contributed by atoms with E-state index in [-0.39, 0.29) is 5.97 Å². The molecule has 0 radical (unpaired) electrons. The van der Waals surface area contributed by atoms with Crippen molar-refractivity contribution in [2.75, 3.05) is 19.0 Å². The van der Waals surface area contributed by atoms with Gasteiger partial charge in [-0.15, -0.1) is 0 Å². The second-order valence-corrected chi connectivity index (χ2v) is 8.88. The number of hydrogen-bond acceptors (Lipinski definition) is 5. The minimum atomic E-state index is -0.702. The molecule has 2 aromatic rings. The Kier molecular flexibility index (Phi) is 9.18. The number of aryl methyl sites for hydroxylation is 2. The zero-order valence-electron chi connectivity index (χ0n) is 20.2. The van der Waals surface area contributed by atoms with Crippen molar-refractivity contribution in [3.63, 3.8) is 0 Å². The predicted molar refractivity (Wildman–Crippen MR) is 131 cm³/mol. The second kappa shape index (κ2) is 12.3. The van der Waals surface area contributed by atoms with Crippen molar-refractivity contribution in [2.45, 2.75) is 71.3 Å². The minimum Gasteiger partial charge on any atom is -0.493 e. The highest BCUT2D eigenvalue weighted by atomic mass is 16.5. The number of carbonyl (C=O) groups excluding carboxylic acids is 1. The van der Waals surface area contributed by atoms with Gasteiger partial charge in [0, 0.05) is 11.3 Å². The zero-order chi connectivity index (χ0) is 23.6. The number of nitriles is 1. The number of anilines is 1. The average Bonchev–Trinajstić information content (AvgIpc) is 2.86. The quantitative estimate of drug-likeness (QED) is 0.428. The van der Waals surface area contributed by atoms with E-state index in [1.807, 2.05) is 12.1 Å².